The molecule has 0 spiro atoms. The molecule has 0 aliphatic carbocycles. The van der Waals surface area contributed by atoms with Crippen LogP contribution in [-0.2, 0) is 4.79 Å². The predicted octanol–water partition coefficient (Wildman–Crippen LogP) is -2.86. The van der Waals surface area contributed by atoms with Gasteiger partial charge in [-0.15, -0.1) is 0 Å². The van der Waals surface area contributed by atoms with Crippen molar-refractivity contribution >= 4 is 5.91 Å². The minimum Gasteiger partial charge on any atom is -0.327 e. The van der Waals surface area contributed by atoms with Gasteiger partial charge in [-0.05, 0) is 7.05 Å². The van der Waals surface area contributed by atoms with Crippen molar-refractivity contribution in [2.75, 3.05) is 13.7 Å². The maximum absolute atomic E-state index is 11.3. The van der Waals surface area contributed by atoms with Gasteiger partial charge >= 0.3 is 0 Å². The molecule has 2 aliphatic heterocycles. The van der Waals surface area contributed by atoms with Crippen LogP contribution in [0.25, 0.3) is 0 Å². The lowest BCUT2D eigenvalue weighted by Gasteiger charge is -2.33. The van der Waals surface area contributed by atoms with Crippen molar-refractivity contribution in [1.29, 1.82) is 0 Å². The molecular formula is C6H13N5O. The van der Waals surface area contributed by atoms with Crippen LogP contribution in [0.2, 0.25) is 0 Å². The molecule has 12 heavy (non-hydrogen) atoms. The van der Waals surface area contributed by atoms with Gasteiger partial charge in [-0.25, -0.2) is 0 Å². The second-order valence-electron chi connectivity index (χ2n) is 3.19. The number of nitrogens with two attached hydrogens (primary N) is 1. The Labute approximate surface area is 70.5 Å². The molecule has 0 saturated carbocycles. The molecular weight excluding hydrogens is 158 g/mol. The molecule has 6 heteroatoms. The molecule has 0 radical (unpaired) electrons. The van der Waals surface area contributed by atoms with Gasteiger partial charge in [0.15, 0.2) is 0 Å². The van der Waals surface area contributed by atoms with E-state index in [0.29, 0.717) is 6.67 Å². The molecule has 3 atom stereocenters. The zero-order chi connectivity index (χ0) is 8.72. The van der Waals surface area contributed by atoms with Gasteiger partial charge in [0.05, 0.1) is 6.17 Å². The molecule has 1 amide bonds. The van der Waals surface area contributed by atoms with Crippen molar-refractivity contribution in [1.82, 2.24) is 20.9 Å². The summed E-state index contributed by atoms with van der Waals surface area (Å²) in [4.78, 5) is 13.3. The number of amides is 1. The van der Waals surface area contributed by atoms with E-state index in [1.807, 2.05) is 11.9 Å². The third kappa shape index (κ3) is 1.09. The van der Waals surface area contributed by atoms with Crippen LogP contribution >= 0.6 is 0 Å². The van der Waals surface area contributed by atoms with E-state index in [1.54, 1.807) is 0 Å². The summed E-state index contributed by atoms with van der Waals surface area (Å²) in [6, 6.07) is -0.171. The Morgan fingerprint density at radius 2 is 2.42 bits per heavy atom. The highest BCUT2D eigenvalue weighted by molar-refractivity contribution is 5.83. The topological polar surface area (TPSA) is 82.4 Å². The summed E-state index contributed by atoms with van der Waals surface area (Å²) in [5.41, 5.74) is 5.55. The molecule has 0 bridgehead atoms. The lowest BCUT2D eigenvalue weighted by atomic mass is 10.2. The SMILES string of the molecule is CN1CNC2C(=O)NC(N)NC21. The van der Waals surface area contributed by atoms with Gasteiger partial charge < -0.3 is 5.32 Å². The fraction of sp³-hybridized carbons (Fsp3) is 0.833. The Bertz CT molecular complexity index is 208. The molecule has 0 aromatic carbocycles. The molecule has 2 rings (SSSR count). The second-order valence-corrected chi connectivity index (χ2v) is 3.19. The maximum atomic E-state index is 11.3. The summed E-state index contributed by atoms with van der Waals surface area (Å²) in [6.07, 6.45) is -0.408. The molecule has 68 valence electrons. The van der Waals surface area contributed by atoms with Crippen molar-refractivity contribution in [2.24, 2.45) is 5.73 Å². The average molecular weight is 171 g/mol. The zero-order valence-electron chi connectivity index (χ0n) is 6.87. The van der Waals surface area contributed by atoms with Crippen molar-refractivity contribution in [3.05, 3.63) is 0 Å². The number of nitrogens with zero attached hydrogens (tertiary/aromatic N) is 1. The van der Waals surface area contributed by atoms with Gasteiger partial charge in [0.2, 0.25) is 5.91 Å². The van der Waals surface area contributed by atoms with Gasteiger partial charge in [0.25, 0.3) is 0 Å². The number of hydrogen-bond donors (Lipinski definition) is 4. The summed E-state index contributed by atoms with van der Waals surface area (Å²) >= 11 is 0. The van der Waals surface area contributed by atoms with Crippen molar-refractivity contribution < 1.29 is 4.79 Å². The normalized spacial score (nSPS) is 42.5. The average Bonchev–Trinajstić information content (AvgIpc) is 2.33. The zero-order valence-corrected chi connectivity index (χ0v) is 6.87. The fourth-order valence-electron chi connectivity index (χ4n) is 1.64. The minimum absolute atomic E-state index is 0.0220. The largest absolute Gasteiger partial charge is 0.327 e. The number of rotatable bonds is 0. The Morgan fingerprint density at radius 3 is 3.17 bits per heavy atom. The van der Waals surface area contributed by atoms with E-state index in [1.165, 1.54) is 0 Å². The van der Waals surface area contributed by atoms with Gasteiger partial charge in [0, 0.05) is 6.67 Å². The standard InChI is InChI=1S/C6H13N5O/c1-11-2-8-3-4(11)9-6(7)10-5(3)12/h3-4,6,8-9H,2,7H2,1H3,(H,10,12). The Hall–Kier alpha value is -0.690. The van der Waals surface area contributed by atoms with Crippen LogP contribution in [-0.4, -0.2) is 43.0 Å². The van der Waals surface area contributed by atoms with E-state index < -0.39 is 6.29 Å². The lowest BCUT2D eigenvalue weighted by molar-refractivity contribution is -0.126. The summed E-state index contributed by atoms with van der Waals surface area (Å²) < 4.78 is 0. The fourth-order valence-corrected chi connectivity index (χ4v) is 1.64. The number of nitrogens with one attached hydrogen (secondary N) is 3. The van der Waals surface area contributed by atoms with Gasteiger partial charge in [-0.3, -0.25) is 26.1 Å². The summed E-state index contributed by atoms with van der Waals surface area (Å²) in [5.74, 6) is -0.0319. The van der Waals surface area contributed by atoms with Gasteiger partial charge in [0.1, 0.15) is 12.3 Å². The van der Waals surface area contributed by atoms with E-state index in [-0.39, 0.29) is 18.1 Å². The number of likely N-dealkylation sites (N-methyl/N-ethyl adjacent to an activating group) is 1. The molecule has 2 saturated heterocycles. The Morgan fingerprint density at radius 1 is 1.67 bits per heavy atom. The lowest BCUT2D eigenvalue weighted by Crippen LogP contribution is -2.69. The predicted molar refractivity (Wildman–Crippen MR) is 42.6 cm³/mol. The maximum Gasteiger partial charge on any atom is 0.242 e. The summed E-state index contributed by atoms with van der Waals surface area (Å²) in [7, 11) is 1.94. The highest BCUT2D eigenvalue weighted by atomic mass is 16.2. The third-order valence-electron chi connectivity index (χ3n) is 2.28. The van der Waals surface area contributed by atoms with Crippen LogP contribution in [0.5, 0.6) is 0 Å². The summed E-state index contributed by atoms with van der Waals surface area (Å²) in [6.45, 7) is 0.711. The number of fused-ring (bicyclic) bond motifs is 1. The van der Waals surface area contributed by atoms with Crippen molar-refractivity contribution in [3.63, 3.8) is 0 Å². The van der Waals surface area contributed by atoms with Crippen LogP contribution in [0.15, 0.2) is 0 Å². The van der Waals surface area contributed by atoms with E-state index in [9.17, 15) is 4.79 Å². The van der Waals surface area contributed by atoms with Crippen LogP contribution in [0.4, 0.5) is 0 Å². The van der Waals surface area contributed by atoms with E-state index in [0.717, 1.165) is 0 Å². The van der Waals surface area contributed by atoms with Crippen LogP contribution in [0.1, 0.15) is 0 Å². The summed E-state index contributed by atoms with van der Waals surface area (Å²) in [5, 5.41) is 8.75. The quantitative estimate of drug-likeness (QED) is 0.315. The van der Waals surface area contributed by atoms with Crippen LogP contribution in [0.3, 0.4) is 0 Å². The minimum atomic E-state index is -0.430. The molecule has 0 aromatic heterocycles. The Kier molecular flexibility index (Phi) is 1.76. The first kappa shape index (κ1) is 7.93. The third-order valence-corrected chi connectivity index (χ3v) is 2.28. The molecule has 0 aromatic rings. The molecule has 5 N–H and O–H groups in total. The first-order chi connectivity index (χ1) is 5.68. The number of carbonyl (C=O) groups is 1. The molecule has 3 unspecified atom stereocenters. The van der Waals surface area contributed by atoms with Crippen LogP contribution in [0, 0.1) is 0 Å². The molecule has 2 fully saturated rings. The monoisotopic (exact) mass is 171 g/mol. The van der Waals surface area contributed by atoms with Crippen molar-refractivity contribution in [3.8, 4) is 0 Å². The van der Waals surface area contributed by atoms with Gasteiger partial charge in [-0.2, -0.15) is 0 Å². The first-order valence-corrected chi connectivity index (χ1v) is 3.94. The molecule has 2 heterocycles. The number of hydrogen-bond acceptors (Lipinski definition) is 5. The van der Waals surface area contributed by atoms with E-state index >= 15 is 0 Å². The van der Waals surface area contributed by atoms with Gasteiger partial charge in [-0.1, -0.05) is 0 Å². The van der Waals surface area contributed by atoms with E-state index in [2.05, 4.69) is 16.0 Å². The molecule has 2 aliphatic rings. The van der Waals surface area contributed by atoms with Crippen LogP contribution < -0.4 is 21.7 Å². The highest BCUT2D eigenvalue weighted by Crippen LogP contribution is 2.09. The second kappa shape index (κ2) is 2.67. The first-order valence-electron chi connectivity index (χ1n) is 3.94. The van der Waals surface area contributed by atoms with E-state index in [4.69, 9.17) is 5.73 Å². The Balaban J connectivity index is 2.14. The molecule has 6 nitrogen and oxygen atoms in total. The van der Waals surface area contributed by atoms with Crippen molar-refractivity contribution in [2.45, 2.75) is 18.5 Å². The smallest absolute Gasteiger partial charge is 0.242 e. The number of carbonyl (C=O) groups excluding carboxylic acids is 1. The highest BCUT2D eigenvalue weighted by Gasteiger charge is 2.40.